The van der Waals surface area contributed by atoms with E-state index in [0.717, 1.165) is 97.6 Å². The number of nitrogens with one attached hydrogen (secondary N) is 11. The number of phenolic OH excluding ortho intramolecular Hbond substituents is 3. The zero-order valence-electron chi connectivity index (χ0n) is 77.0. The second-order valence-corrected chi connectivity index (χ2v) is 37.6. The molecular formula is C96H121Cl3N14O25. The van der Waals surface area contributed by atoms with Crippen LogP contribution < -0.4 is 89.9 Å². The number of hydrogen-bond acceptors (Lipinski definition) is 31. The molecule has 8 aliphatic heterocycles. The fraction of sp³-hybridized carbons (Fsp3) is 0.479. The molecule has 3 fully saturated rings. The van der Waals surface area contributed by atoms with Crippen molar-refractivity contribution in [3.8, 4) is 68.2 Å². The first kappa shape index (κ1) is 105. The van der Waals surface area contributed by atoms with Gasteiger partial charge in [0.05, 0.1) is 53.5 Å². The third-order valence-corrected chi connectivity index (χ3v) is 26.1. The van der Waals surface area contributed by atoms with Crippen molar-refractivity contribution in [1.82, 2.24) is 58.5 Å². The van der Waals surface area contributed by atoms with E-state index in [2.05, 4.69) is 58.5 Å². The first-order valence-corrected chi connectivity index (χ1v) is 46.9. The molecule has 0 aromatic heterocycles. The number of primary amides is 1. The summed E-state index contributed by atoms with van der Waals surface area (Å²) >= 11 is 21.1. The molecule has 746 valence electrons. The molecule has 15 rings (SSSR count). The molecule has 8 aliphatic rings. The Hall–Kier alpha value is -10.7. The topological polar surface area (TPSA) is 603 Å². The van der Waals surface area contributed by atoms with Crippen molar-refractivity contribution in [3.05, 3.63) is 176 Å². The monoisotopic (exact) mass is 1970 g/mol. The number of amides is 8. The maximum absolute atomic E-state index is 16.8. The SMILES string of the molecule is CN[C@H](CC(C)C)C(=O)N[C@H]1C(=O)N[C@@H](CC(N)=O)C(=O)N[C@H]2C(=O)N[C@H]3C(=O)N[C@H](C(=O)N[C@H](C(=O)NCCCNCCCCNCCCN)c4cc(O)cc(O)c4-c4cc3ccc4O)[C@H](O[C@H]3C[C@](C)(N)[C@@H](O)[C@H](C)O3)c3ccc(c(Cl)c3)Oc3cc2cc(c3OC2O[C@H](CO)[C@@H](O)[C@H](O)[C@H]2O[C@H]2C[C@](C)(NCc3ccc(-c4ccc(Cl)cc4)cc3)[C@@H](O)[C@H](C)O2)Oc2ccc(cc2Cl)[C@H]1O. The van der Waals surface area contributed by atoms with Crippen LogP contribution in [0, 0.1) is 5.92 Å². The first-order valence-electron chi connectivity index (χ1n) is 45.8. The van der Waals surface area contributed by atoms with Gasteiger partial charge in [0.25, 0.3) is 0 Å². The lowest BCUT2D eigenvalue weighted by Crippen LogP contribution is -2.65. The number of aliphatic hydroxyl groups excluding tert-OH is 6. The highest BCUT2D eigenvalue weighted by atomic mass is 35.5. The van der Waals surface area contributed by atoms with Gasteiger partial charge in [-0.15, -0.1) is 0 Å². The van der Waals surface area contributed by atoms with E-state index in [1.807, 2.05) is 50.2 Å². The van der Waals surface area contributed by atoms with Crippen molar-refractivity contribution in [3.63, 3.8) is 0 Å². The number of benzene rings is 7. The summed E-state index contributed by atoms with van der Waals surface area (Å²) in [5.74, 6) is -14.7. The third kappa shape index (κ3) is 25.0. The van der Waals surface area contributed by atoms with Gasteiger partial charge >= 0.3 is 0 Å². The fourth-order valence-electron chi connectivity index (χ4n) is 17.7. The number of carbonyl (C=O) groups excluding carboxylic acids is 8. The summed E-state index contributed by atoms with van der Waals surface area (Å²) in [7, 11) is 1.49. The van der Waals surface area contributed by atoms with E-state index in [0.29, 0.717) is 31.1 Å². The number of nitrogens with two attached hydrogens (primary N) is 3. The molecule has 0 radical (unpaired) electrons. The van der Waals surface area contributed by atoms with Gasteiger partial charge in [-0.3, -0.25) is 38.4 Å². The Morgan fingerprint density at radius 2 is 1.20 bits per heavy atom. The van der Waals surface area contributed by atoms with Crippen molar-refractivity contribution in [1.29, 1.82) is 0 Å². The van der Waals surface area contributed by atoms with Gasteiger partial charge in [0.15, 0.2) is 30.2 Å². The van der Waals surface area contributed by atoms with Crippen LogP contribution in [0.1, 0.15) is 157 Å². The summed E-state index contributed by atoms with van der Waals surface area (Å²) in [4.78, 5) is 124. The molecule has 8 heterocycles. The number of aromatic hydroxyl groups is 3. The second kappa shape index (κ2) is 46.1. The highest BCUT2D eigenvalue weighted by molar-refractivity contribution is 6.32. The molecule has 138 heavy (non-hydrogen) atoms. The van der Waals surface area contributed by atoms with Crippen molar-refractivity contribution in [2.75, 3.05) is 52.9 Å². The van der Waals surface area contributed by atoms with Crippen LogP contribution in [0.25, 0.3) is 22.3 Å². The van der Waals surface area contributed by atoms with Crippen LogP contribution in [0.4, 0.5) is 0 Å². The number of ether oxygens (including phenoxy) is 8. The van der Waals surface area contributed by atoms with Crippen molar-refractivity contribution in [2.24, 2.45) is 23.1 Å². The fourth-order valence-corrected chi connectivity index (χ4v) is 18.3. The molecule has 39 nitrogen and oxygen atoms in total. The van der Waals surface area contributed by atoms with Crippen molar-refractivity contribution < 1.29 is 122 Å². The molecular weight excluding hydrogens is 1860 g/mol. The smallest absolute Gasteiger partial charge is 0.248 e. The van der Waals surface area contributed by atoms with Gasteiger partial charge in [-0.25, -0.2) is 0 Å². The molecule has 26 N–H and O–H groups in total. The number of unbranched alkanes of at least 4 members (excludes halogenated alkanes) is 1. The van der Waals surface area contributed by atoms with Gasteiger partial charge in [-0.05, 0) is 217 Å². The van der Waals surface area contributed by atoms with E-state index in [1.165, 1.54) is 51.2 Å². The molecule has 0 aliphatic carbocycles. The Balaban J connectivity index is 0.991. The zero-order chi connectivity index (χ0) is 99.5. The Labute approximate surface area is 811 Å². The highest BCUT2D eigenvalue weighted by Crippen LogP contribution is 2.51. The Bertz CT molecular complexity index is 5520. The van der Waals surface area contributed by atoms with Crippen molar-refractivity contribution in [2.45, 2.75) is 233 Å². The standard InChI is InChI=1S/C96H121Cl3N14O25/c1-45(2)32-61(103-7)87(124)112-77-79(119)52-19-24-65(59(98)34-52)133-67-36-54-37-68(83(67)138-94-84(81(121)80(120)69(44-114)135-94)137-72-42-96(6,86(123)47(4)132-72)107-43-48-12-14-49(15-13-48)50-16-21-55(97)22-17-50)134-66-25-20-53(35-60(66)99)82(136-71-41-95(5,102)85(122)46(3)131-71)78-93(130)111-76(89(126)106-31-11-30-105-28-9-8-27-104-29-10-26-100)58-38-56(115)39-64(117)73(58)57-33-51(18-23-63(57)116)74(90(127)113-78)110-91(128)75(54)109-88(125)62(40-70(101)118)108-92(77)129/h12-25,33-39,45-47,61-62,69,71-72,74-82,84-86,94,103-105,107,114-117,119-123H,8-11,26-32,40-44,100,102H2,1-7H3,(H2,101,118)(H,106,126)(H,108,129)(H,109,125)(H,110,128)(H,111,130)(H,112,124)(H,113,127)/t46-,47-,61+,62-,69+,71-,72-,74+,75+,76-,77+,78-,79+,80+,81-,82+,84+,85-,86-,94?,95-,96-/m0/s1. The molecule has 0 saturated carbocycles. The summed E-state index contributed by atoms with van der Waals surface area (Å²) < 4.78 is 53.6. The second-order valence-electron chi connectivity index (χ2n) is 36.4. The number of rotatable bonds is 31. The number of aliphatic hydroxyl groups is 6. The van der Waals surface area contributed by atoms with E-state index in [9.17, 15) is 55.5 Å². The maximum Gasteiger partial charge on any atom is 0.248 e. The molecule has 22 atom stereocenters. The Kier molecular flexibility index (Phi) is 35.0. The van der Waals surface area contributed by atoms with E-state index in [4.69, 9.17) is 89.9 Å². The van der Waals surface area contributed by atoms with Gasteiger partial charge in [0, 0.05) is 59.2 Å². The van der Waals surface area contributed by atoms with Crippen LogP contribution in [0.15, 0.2) is 127 Å². The quantitative estimate of drug-likeness (QED) is 0.0270. The molecule has 3 saturated heterocycles. The number of likely N-dealkylation sites (N-methyl/N-ethyl adjacent to an activating group) is 1. The number of hydrogen-bond donors (Lipinski definition) is 23. The molecule has 42 heteroatoms. The molecule has 1 unspecified atom stereocenters. The van der Waals surface area contributed by atoms with Crippen LogP contribution in [0.3, 0.4) is 0 Å². The number of carbonyl (C=O) groups is 8. The van der Waals surface area contributed by atoms with E-state index in [1.54, 1.807) is 26.0 Å². The lowest BCUT2D eigenvalue weighted by molar-refractivity contribution is -0.334. The largest absolute Gasteiger partial charge is 0.508 e. The average Bonchev–Trinajstić information content (AvgIpc) is 0.763. The molecule has 0 spiro atoms. The van der Waals surface area contributed by atoms with Gasteiger partial charge in [-0.1, -0.05) is 103 Å². The van der Waals surface area contributed by atoms with Gasteiger partial charge < -0.3 is 160 Å². The van der Waals surface area contributed by atoms with Crippen LogP contribution >= 0.6 is 34.8 Å². The first-order chi connectivity index (χ1) is 65.7. The zero-order valence-corrected chi connectivity index (χ0v) is 79.3. The average molecular weight is 1980 g/mol. The lowest BCUT2D eigenvalue weighted by atomic mass is 9.84. The normalized spacial score (nSPS) is 28.1. The number of fused-ring (bicyclic) bond motifs is 15. The van der Waals surface area contributed by atoms with E-state index >= 15 is 28.8 Å². The predicted molar refractivity (Wildman–Crippen MR) is 504 cm³/mol. The molecule has 11 bridgehead atoms. The van der Waals surface area contributed by atoms with Crippen LogP contribution in [0.5, 0.6) is 46.0 Å². The van der Waals surface area contributed by atoms with E-state index < -0.39 is 244 Å². The summed E-state index contributed by atoms with van der Waals surface area (Å²) in [6.45, 7) is 12.3. The van der Waals surface area contributed by atoms with Crippen LogP contribution in [-0.2, 0) is 68.6 Å². The lowest BCUT2D eigenvalue weighted by Gasteiger charge is -2.48. The molecule has 7 aromatic carbocycles. The predicted octanol–water partition coefficient (Wildman–Crippen LogP) is 4.23. The van der Waals surface area contributed by atoms with Gasteiger partial charge in [-0.2, -0.15) is 0 Å². The van der Waals surface area contributed by atoms with Crippen molar-refractivity contribution >= 4 is 82.1 Å². The Morgan fingerprint density at radius 1 is 0.609 bits per heavy atom. The number of halogens is 3. The summed E-state index contributed by atoms with van der Waals surface area (Å²) in [6.07, 6.45) is -20.0. The third-order valence-electron chi connectivity index (χ3n) is 25.3. The maximum atomic E-state index is 16.8. The Morgan fingerprint density at radius 3 is 1.83 bits per heavy atom. The minimum atomic E-state index is -2.39. The van der Waals surface area contributed by atoms with Gasteiger partial charge in [0.2, 0.25) is 59.3 Å². The van der Waals surface area contributed by atoms with E-state index in [-0.39, 0.29) is 82.6 Å². The summed E-state index contributed by atoms with van der Waals surface area (Å²) in [5, 5.41) is 139. The van der Waals surface area contributed by atoms with Crippen LogP contribution in [-0.4, -0.2) is 249 Å². The van der Waals surface area contributed by atoms with Crippen LogP contribution in [0.2, 0.25) is 15.1 Å². The minimum absolute atomic E-state index is 0.0390. The number of phenols is 3. The minimum Gasteiger partial charge on any atom is -0.508 e. The molecule has 7 aromatic rings. The van der Waals surface area contributed by atoms with Gasteiger partial charge in [0.1, 0.15) is 95.5 Å². The molecule has 8 amide bonds. The highest BCUT2D eigenvalue weighted by Gasteiger charge is 2.53. The summed E-state index contributed by atoms with van der Waals surface area (Å²) in [5.41, 5.74) is 16.0. The summed E-state index contributed by atoms with van der Waals surface area (Å²) in [6, 6.07) is 15.7.